The van der Waals surface area contributed by atoms with Gasteiger partial charge in [0.1, 0.15) is 5.78 Å². The number of rotatable bonds is 5. The van der Waals surface area contributed by atoms with Crippen LogP contribution < -0.4 is 5.73 Å². The summed E-state index contributed by atoms with van der Waals surface area (Å²) in [7, 11) is 0. The maximum Gasteiger partial charge on any atom is 0.141 e. The van der Waals surface area contributed by atoms with Crippen LogP contribution in [0.25, 0.3) is 0 Å². The summed E-state index contributed by atoms with van der Waals surface area (Å²) in [4.78, 5) is 16.0. The number of nitrogens with two attached hydrogens (primary N) is 1. The molecule has 0 atom stereocenters. The van der Waals surface area contributed by atoms with Crippen molar-refractivity contribution in [1.82, 2.24) is 4.98 Å². The van der Waals surface area contributed by atoms with E-state index in [4.69, 9.17) is 5.73 Å². The van der Waals surface area contributed by atoms with Gasteiger partial charge in [-0.2, -0.15) is 0 Å². The van der Waals surface area contributed by atoms with Gasteiger partial charge in [-0.15, -0.1) is 0 Å². The monoisotopic (exact) mass is 240 g/mol. The molecule has 18 heavy (non-hydrogen) atoms. The molecule has 2 N–H and O–H groups in total. The van der Waals surface area contributed by atoms with Crippen molar-refractivity contribution < 1.29 is 4.79 Å². The number of carbonyl (C=O) groups excluding carboxylic acids is 1. The van der Waals surface area contributed by atoms with Gasteiger partial charge in [0, 0.05) is 31.8 Å². The highest BCUT2D eigenvalue weighted by molar-refractivity contribution is 5.83. The number of hydrogen-bond donors (Lipinski definition) is 1. The summed E-state index contributed by atoms with van der Waals surface area (Å²) in [6.45, 7) is 0.469. The number of ketones is 1. The first kappa shape index (κ1) is 12.5. The van der Waals surface area contributed by atoms with Gasteiger partial charge in [0.05, 0.1) is 0 Å². The third-order valence-corrected chi connectivity index (χ3v) is 2.85. The Hall–Kier alpha value is -2.00. The number of hydrogen-bond acceptors (Lipinski definition) is 3. The molecule has 0 saturated heterocycles. The van der Waals surface area contributed by atoms with Crippen molar-refractivity contribution in [2.75, 3.05) is 0 Å². The summed E-state index contributed by atoms with van der Waals surface area (Å²) in [6, 6.07) is 11.6. The second-order valence-corrected chi connectivity index (χ2v) is 4.23. The van der Waals surface area contributed by atoms with Crippen LogP contribution in [0.4, 0.5) is 0 Å². The minimum atomic E-state index is 0.184. The number of aromatic nitrogens is 1. The zero-order chi connectivity index (χ0) is 12.8. The third kappa shape index (κ3) is 3.25. The normalized spacial score (nSPS) is 10.3. The molecule has 3 nitrogen and oxygen atoms in total. The average Bonchev–Trinajstić information content (AvgIpc) is 2.40. The molecule has 0 aliphatic carbocycles. The molecular weight excluding hydrogens is 224 g/mol. The van der Waals surface area contributed by atoms with Gasteiger partial charge < -0.3 is 5.73 Å². The number of pyridine rings is 1. The van der Waals surface area contributed by atoms with E-state index in [0.29, 0.717) is 19.4 Å². The fraction of sp³-hybridized carbons (Fsp3) is 0.200. The highest BCUT2D eigenvalue weighted by Crippen LogP contribution is 2.10. The lowest BCUT2D eigenvalue weighted by atomic mass is 9.99. The van der Waals surface area contributed by atoms with Crippen molar-refractivity contribution in [3.63, 3.8) is 0 Å². The van der Waals surface area contributed by atoms with Crippen LogP contribution >= 0.6 is 0 Å². The van der Waals surface area contributed by atoms with Crippen molar-refractivity contribution in [3.05, 3.63) is 65.5 Å². The molecule has 0 aliphatic heterocycles. The Morgan fingerprint density at radius 1 is 1.06 bits per heavy atom. The summed E-state index contributed by atoms with van der Waals surface area (Å²) in [5.41, 5.74) is 8.67. The Balaban J connectivity index is 2.03. The third-order valence-electron chi connectivity index (χ3n) is 2.85. The second-order valence-electron chi connectivity index (χ2n) is 4.23. The standard InChI is InChI=1S/C15H16N2O/c16-10-14-6-2-1-5-13(14)9-15(18)8-12-4-3-7-17-11-12/h1-7,11H,8-10,16H2. The van der Waals surface area contributed by atoms with E-state index < -0.39 is 0 Å². The van der Waals surface area contributed by atoms with Gasteiger partial charge in [-0.1, -0.05) is 30.3 Å². The largest absolute Gasteiger partial charge is 0.326 e. The molecule has 3 heteroatoms. The van der Waals surface area contributed by atoms with Gasteiger partial charge >= 0.3 is 0 Å². The summed E-state index contributed by atoms with van der Waals surface area (Å²) in [5.74, 6) is 0.184. The molecule has 0 saturated carbocycles. The van der Waals surface area contributed by atoms with Crippen LogP contribution in [0.2, 0.25) is 0 Å². The van der Waals surface area contributed by atoms with E-state index in [1.165, 1.54) is 0 Å². The Morgan fingerprint density at radius 2 is 1.83 bits per heavy atom. The Kier molecular flexibility index (Phi) is 4.20. The molecule has 1 heterocycles. The number of carbonyl (C=O) groups is 1. The lowest BCUT2D eigenvalue weighted by Gasteiger charge is -2.06. The number of benzene rings is 1. The van der Waals surface area contributed by atoms with Crippen LogP contribution in [0.1, 0.15) is 16.7 Å². The zero-order valence-electron chi connectivity index (χ0n) is 10.2. The summed E-state index contributed by atoms with van der Waals surface area (Å²) >= 11 is 0. The fourth-order valence-electron chi connectivity index (χ4n) is 1.93. The molecule has 2 aromatic rings. The average molecular weight is 240 g/mol. The van der Waals surface area contributed by atoms with Crippen LogP contribution in [-0.2, 0) is 24.2 Å². The van der Waals surface area contributed by atoms with Crippen LogP contribution in [0.3, 0.4) is 0 Å². The maximum atomic E-state index is 12.0. The van der Waals surface area contributed by atoms with Gasteiger partial charge in [-0.3, -0.25) is 9.78 Å². The van der Waals surface area contributed by atoms with Crippen molar-refractivity contribution in [2.24, 2.45) is 5.73 Å². The Morgan fingerprint density at radius 3 is 2.50 bits per heavy atom. The summed E-state index contributed by atoms with van der Waals surface area (Å²) < 4.78 is 0. The van der Waals surface area contributed by atoms with E-state index in [2.05, 4.69) is 4.98 Å². The van der Waals surface area contributed by atoms with E-state index in [0.717, 1.165) is 16.7 Å². The molecule has 0 aliphatic rings. The SMILES string of the molecule is NCc1ccccc1CC(=O)Cc1cccnc1. The predicted octanol–water partition coefficient (Wildman–Crippen LogP) is 1.89. The molecule has 1 aromatic carbocycles. The molecule has 0 amide bonds. The molecule has 1 aromatic heterocycles. The van der Waals surface area contributed by atoms with E-state index in [1.807, 2.05) is 36.4 Å². The van der Waals surface area contributed by atoms with Crippen LogP contribution in [-0.4, -0.2) is 10.8 Å². The van der Waals surface area contributed by atoms with Crippen molar-refractivity contribution >= 4 is 5.78 Å². The smallest absolute Gasteiger partial charge is 0.141 e. The molecule has 0 radical (unpaired) electrons. The molecule has 92 valence electrons. The Labute approximate surface area is 107 Å². The fourth-order valence-corrected chi connectivity index (χ4v) is 1.93. The van der Waals surface area contributed by atoms with Crippen LogP contribution in [0.5, 0.6) is 0 Å². The van der Waals surface area contributed by atoms with Crippen molar-refractivity contribution in [3.8, 4) is 0 Å². The number of nitrogens with zero attached hydrogens (tertiary/aromatic N) is 1. The van der Waals surface area contributed by atoms with Crippen molar-refractivity contribution in [1.29, 1.82) is 0 Å². The van der Waals surface area contributed by atoms with Gasteiger partial charge in [0.2, 0.25) is 0 Å². The maximum absolute atomic E-state index is 12.0. The minimum absolute atomic E-state index is 0.184. The molecule has 2 rings (SSSR count). The first-order valence-electron chi connectivity index (χ1n) is 5.97. The minimum Gasteiger partial charge on any atom is -0.326 e. The summed E-state index contributed by atoms with van der Waals surface area (Å²) in [6.07, 6.45) is 4.29. The van der Waals surface area contributed by atoms with Gasteiger partial charge in [-0.25, -0.2) is 0 Å². The van der Waals surface area contributed by atoms with E-state index in [-0.39, 0.29) is 5.78 Å². The predicted molar refractivity (Wildman–Crippen MR) is 71.0 cm³/mol. The molecule has 0 bridgehead atoms. The quantitative estimate of drug-likeness (QED) is 0.868. The van der Waals surface area contributed by atoms with Gasteiger partial charge in [0.25, 0.3) is 0 Å². The van der Waals surface area contributed by atoms with E-state index >= 15 is 0 Å². The summed E-state index contributed by atoms with van der Waals surface area (Å²) in [5, 5.41) is 0. The second kappa shape index (κ2) is 6.07. The van der Waals surface area contributed by atoms with Gasteiger partial charge in [-0.05, 0) is 22.8 Å². The number of Topliss-reactive ketones (excluding diaryl/α,β-unsaturated/α-hetero) is 1. The molecule has 0 fully saturated rings. The Bertz CT molecular complexity index is 523. The van der Waals surface area contributed by atoms with Crippen LogP contribution in [0, 0.1) is 0 Å². The van der Waals surface area contributed by atoms with Crippen molar-refractivity contribution in [2.45, 2.75) is 19.4 Å². The molecule has 0 unspecified atom stereocenters. The zero-order valence-corrected chi connectivity index (χ0v) is 10.2. The lowest BCUT2D eigenvalue weighted by Crippen LogP contribution is -2.10. The lowest BCUT2D eigenvalue weighted by molar-refractivity contribution is -0.117. The first-order valence-corrected chi connectivity index (χ1v) is 5.97. The topological polar surface area (TPSA) is 56.0 Å². The molecular formula is C15H16N2O. The molecule has 0 spiro atoms. The van der Waals surface area contributed by atoms with Gasteiger partial charge in [0.15, 0.2) is 0 Å². The van der Waals surface area contributed by atoms with Crippen LogP contribution in [0.15, 0.2) is 48.8 Å². The highest BCUT2D eigenvalue weighted by Gasteiger charge is 2.08. The highest BCUT2D eigenvalue weighted by atomic mass is 16.1. The van der Waals surface area contributed by atoms with E-state index in [1.54, 1.807) is 12.4 Å². The first-order chi connectivity index (χ1) is 8.79. The van der Waals surface area contributed by atoms with E-state index in [9.17, 15) is 4.79 Å².